The summed E-state index contributed by atoms with van der Waals surface area (Å²) >= 11 is 0. The van der Waals surface area contributed by atoms with Gasteiger partial charge in [-0.2, -0.15) is 0 Å². The molecule has 0 aliphatic carbocycles. The molecule has 0 bridgehead atoms. The highest BCUT2D eigenvalue weighted by Crippen LogP contribution is 2.29. The summed E-state index contributed by atoms with van der Waals surface area (Å²) in [7, 11) is 0. The molecule has 0 spiro atoms. The zero-order chi connectivity index (χ0) is 16.3. The number of hydrogen-bond donors (Lipinski definition) is 2. The van der Waals surface area contributed by atoms with E-state index in [1.54, 1.807) is 0 Å². The first-order valence-corrected chi connectivity index (χ1v) is 7.79. The van der Waals surface area contributed by atoms with Crippen molar-refractivity contribution in [1.82, 2.24) is 9.88 Å². The number of primary amides is 1. The van der Waals surface area contributed by atoms with Crippen LogP contribution in [-0.4, -0.2) is 36.1 Å². The van der Waals surface area contributed by atoms with Crippen molar-refractivity contribution in [2.45, 2.75) is 19.4 Å². The fraction of sp³-hybridized carbons (Fsp3) is 0.412. The van der Waals surface area contributed by atoms with Crippen molar-refractivity contribution < 1.29 is 14.3 Å². The molecule has 1 saturated heterocycles. The first kappa shape index (κ1) is 15.6. The Balaban J connectivity index is 1.64. The average molecular weight is 315 g/mol. The van der Waals surface area contributed by atoms with E-state index >= 15 is 0 Å². The van der Waals surface area contributed by atoms with Crippen LogP contribution in [-0.2, 0) is 20.9 Å². The van der Waals surface area contributed by atoms with Crippen molar-refractivity contribution >= 4 is 22.7 Å². The van der Waals surface area contributed by atoms with Crippen LogP contribution in [0.3, 0.4) is 0 Å². The summed E-state index contributed by atoms with van der Waals surface area (Å²) in [4.78, 5) is 24.0. The highest BCUT2D eigenvalue weighted by molar-refractivity contribution is 5.84. The van der Waals surface area contributed by atoms with Gasteiger partial charge in [0.05, 0.1) is 5.41 Å². The van der Waals surface area contributed by atoms with Gasteiger partial charge in [0.1, 0.15) is 6.54 Å². The summed E-state index contributed by atoms with van der Waals surface area (Å²) in [6.45, 7) is 1.49. The van der Waals surface area contributed by atoms with Crippen molar-refractivity contribution in [2.75, 3.05) is 19.8 Å². The standard InChI is InChI=1S/C17H21N3O3/c18-16(22)17(6-9-23-10-7-17)12-19-15(21)11-20-8-5-13-3-1-2-4-14(13)20/h1-5,8H,6-7,9-12H2,(H2,18,22)(H,19,21). The third kappa shape index (κ3) is 3.22. The maximum Gasteiger partial charge on any atom is 0.239 e. The number of fused-ring (bicyclic) bond motifs is 1. The topological polar surface area (TPSA) is 86.4 Å². The number of carbonyl (C=O) groups excluding carboxylic acids is 2. The molecule has 3 rings (SSSR count). The monoisotopic (exact) mass is 315 g/mol. The van der Waals surface area contributed by atoms with E-state index in [4.69, 9.17) is 10.5 Å². The molecule has 6 heteroatoms. The Morgan fingerprint density at radius 3 is 2.70 bits per heavy atom. The predicted octanol–water partition coefficient (Wildman–Crippen LogP) is 1.04. The smallest absolute Gasteiger partial charge is 0.239 e. The van der Waals surface area contributed by atoms with Crippen LogP contribution in [0, 0.1) is 5.41 Å². The molecule has 1 aromatic heterocycles. The van der Waals surface area contributed by atoms with Crippen LogP contribution in [0.1, 0.15) is 12.8 Å². The summed E-state index contributed by atoms with van der Waals surface area (Å²) in [6, 6.07) is 9.88. The average Bonchev–Trinajstić information content (AvgIpc) is 2.97. The first-order valence-electron chi connectivity index (χ1n) is 7.79. The van der Waals surface area contributed by atoms with E-state index in [0.717, 1.165) is 10.9 Å². The number of rotatable bonds is 5. The van der Waals surface area contributed by atoms with Gasteiger partial charge in [0.2, 0.25) is 11.8 Å². The van der Waals surface area contributed by atoms with Crippen LogP contribution in [0.4, 0.5) is 0 Å². The van der Waals surface area contributed by atoms with Gasteiger partial charge in [-0.3, -0.25) is 9.59 Å². The molecule has 0 saturated carbocycles. The van der Waals surface area contributed by atoms with Gasteiger partial charge in [-0.05, 0) is 30.4 Å². The fourth-order valence-corrected chi connectivity index (χ4v) is 3.03. The highest BCUT2D eigenvalue weighted by atomic mass is 16.5. The molecule has 0 radical (unpaired) electrons. The largest absolute Gasteiger partial charge is 0.381 e. The van der Waals surface area contributed by atoms with E-state index in [0.29, 0.717) is 26.1 Å². The molecule has 2 heterocycles. The Bertz CT molecular complexity index is 717. The van der Waals surface area contributed by atoms with Crippen molar-refractivity contribution in [2.24, 2.45) is 11.1 Å². The zero-order valence-electron chi connectivity index (χ0n) is 13.0. The van der Waals surface area contributed by atoms with E-state index < -0.39 is 5.41 Å². The minimum Gasteiger partial charge on any atom is -0.381 e. The summed E-state index contributed by atoms with van der Waals surface area (Å²) in [5.41, 5.74) is 5.87. The van der Waals surface area contributed by atoms with Gasteiger partial charge < -0.3 is 20.4 Å². The van der Waals surface area contributed by atoms with E-state index in [1.165, 1.54) is 0 Å². The van der Waals surface area contributed by atoms with E-state index in [1.807, 2.05) is 41.1 Å². The lowest BCUT2D eigenvalue weighted by atomic mass is 9.79. The number of benzene rings is 1. The zero-order valence-corrected chi connectivity index (χ0v) is 13.0. The number of para-hydroxylation sites is 1. The molecule has 23 heavy (non-hydrogen) atoms. The number of nitrogens with one attached hydrogen (secondary N) is 1. The van der Waals surface area contributed by atoms with E-state index in [9.17, 15) is 9.59 Å². The van der Waals surface area contributed by atoms with Crippen LogP contribution >= 0.6 is 0 Å². The van der Waals surface area contributed by atoms with Crippen LogP contribution in [0.15, 0.2) is 36.5 Å². The molecule has 1 aliphatic rings. The normalized spacial score (nSPS) is 17.0. The maximum atomic E-state index is 12.2. The number of aromatic nitrogens is 1. The van der Waals surface area contributed by atoms with E-state index in [2.05, 4.69) is 5.32 Å². The Morgan fingerprint density at radius 1 is 1.22 bits per heavy atom. The van der Waals surface area contributed by atoms with Gasteiger partial charge in [0.25, 0.3) is 0 Å². The number of ether oxygens (including phenoxy) is 1. The summed E-state index contributed by atoms with van der Waals surface area (Å²) in [5, 5.41) is 3.96. The molecular formula is C17H21N3O3. The molecule has 1 aliphatic heterocycles. The molecular weight excluding hydrogens is 294 g/mol. The minimum absolute atomic E-state index is 0.126. The Kier molecular flexibility index (Phi) is 4.34. The predicted molar refractivity (Wildman–Crippen MR) is 86.6 cm³/mol. The van der Waals surface area contributed by atoms with Gasteiger partial charge in [-0.25, -0.2) is 0 Å². The van der Waals surface area contributed by atoms with Gasteiger partial charge in [-0.15, -0.1) is 0 Å². The lowest BCUT2D eigenvalue weighted by Crippen LogP contribution is -2.49. The van der Waals surface area contributed by atoms with Crippen molar-refractivity contribution in [3.05, 3.63) is 36.5 Å². The minimum atomic E-state index is -0.688. The highest BCUT2D eigenvalue weighted by Gasteiger charge is 2.38. The van der Waals surface area contributed by atoms with Gasteiger partial charge in [0.15, 0.2) is 0 Å². The Hall–Kier alpha value is -2.34. The van der Waals surface area contributed by atoms with Crippen LogP contribution in [0.2, 0.25) is 0 Å². The molecule has 1 fully saturated rings. The SMILES string of the molecule is NC(=O)C1(CNC(=O)Cn2ccc3ccccc32)CCOCC1. The second-order valence-corrected chi connectivity index (χ2v) is 6.04. The van der Waals surface area contributed by atoms with Gasteiger partial charge >= 0.3 is 0 Å². The third-order valence-corrected chi connectivity index (χ3v) is 4.59. The second-order valence-electron chi connectivity index (χ2n) is 6.04. The number of hydrogen-bond acceptors (Lipinski definition) is 3. The van der Waals surface area contributed by atoms with E-state index in [-0.39, 0.29) is 24.9 Å². The fourth-order valence-electron chi connectivity index (χ4n) is 3.03. The number of nitrogens with zero attached hydrogens (tertiary/aromatic N) is 1. The number of carbonyl (C=O) groups is 2. The summed E-state index contributed by atoms with van der Waals surface area (Å²) in [5.74, 6) is -0.494. The van der Waals surface area contributed by atoms with Crippen LogP contribution in [0.25, 0.3) is 10.9 Å². The van der Waals surface area contributed by atoms with Crippen molar-refractivity contribution in [1.29, 1.82) is 0 Å². The molecule has 2 amide bonds. The summed E-state index contributed by atoms with van der Waals surface area (Å²) < 4.78 is 7.18. The second kappa shape index (κ2) is 6.42. The Morgan fingerprint density at radius 2 is 1.96 bits per heavy atom. The van der Waals surface area contributed by atoms with Crippen LogP contribution in [0.5, 0.6) is 0 Å². The molecule has 1 aromatic carbocycles. The number of nitrogens with two attached hydrogens (primary N) is 1. The molecule has 0 atom stereocenters. The van der Waals surface area contributed by atoms with Gasteiger partial charge in [-0.1, -0.05) is 18.2 Å². The molecule has 2 aromatic rings. The lowest BCUT2D eigenvalue weighted by molar-refractivity contribution is -0.134. The molecule has 122 valence electrons. The lowest BCUT2D eigenvalue weighted by Gasteiger charge is -2.34. The maximum absolute atomic E-state index is 12.2. The van der Waals surface area contributed by atoms with Crippen LogP contribution < -0.4 is 11.1 Å². The molecule has 0 unspecified atom stereocenters. The van der Waals surface area contributed by atoms with Crippen molar-refractivity contribution in [3.63, 3.8) is 0 Å². The van der Waals surface area contributed by atoms with Gasteiger partial charge in [0, 0.05) is 31.5 Å². The third-order valence-electron chi connectivity index (χ3n) is 4.59. The molecule has 3 N–H and O–H groups in total. The summed E-state index contributed by atoms with van der Waals surface area (Å²) in [6.07, 6.45) is 2.99. The van der Waals surface area contributed by atoms with Crippen molar-refractivity contribution in [3.8, 4) is 0 Å². The number of amides is 2. The first-order chi connectivity index (χ1) is 11.1. The molecule has 6 nitrogen and oxygen atoms in total. The quantitative estimate of drug-likeness (QED) is 0.864. The Labute approximate surface area is 134 Å².